The Bertz CT molecular complexity index is 455. The number of thioether (sulfide) groups is 1. The predicted molar refractivity (Wildman–Crippen MR) is 70.0 cm³/mol. The summed E-state index contributed by atoms with van der Waals surface area (Å²) in [5, 5.41) is 0. The van der Waals surface area contributed by atoms with Crippen molar-refractivity contribution in [3.63, 3.8) is 0 Å². The van der Waals surface area contributed by atoms with E-state index in [1.54, 1.807) is 24.1 Å². The van der Waals surface area contributed by atoms with Crippen molar-refractivity contribution < 1.29 is 13.9 Å². The number of hydrogen-bond donors (Lipinski definition) is 0. The summed E-state index contributed by atoms with van der Waals surface area (Å²) < 4.78 is 10.9. The number of furan rings is 1. The van der Waals surface area contributed by atoms with Crippen LogP contribution in [0.15, 0.2) is 33.8 Å². The molecule has 0 bridgehead atoms. The zero-order chi connectivity index (χ0) is 12.4. The molecule has 1 saturated carbocycles. The van der Waals surface area contributed by atoms with Crippen molar-refractivity contribution in [1.82, 2.24) is 0 Å². The minimum atomic E-state index is -0.313. The molecule has 2 aliphatic rings. The van der Waals surface area contributed by atoms with E-state index < -0.39 is 0 Å². The smallest absolute Gasteiger partial charge is 0.332 e. The minimum absolute atomic E-state index is 0.182. The van der Waals surface area contributed by atoms with Gasteiger partial charge in [0.1, 0.15) is 11.4 Å². The fourth-order valence-electron chi connectivity index (χ4n) is 2.70. The van der Waals surface area contributed by atoms with Gasteiger partial charge in [-0.1, -0.05) is 6.42 Å². The Labute approximate surface area is 111 Å². The highest BCUT2D eigenvalue weighted by atomic mass is 32.2. The van der Waals surface area contributed by atoms with Gasteiger partial charge in [-0.2, -0.15) is 0 Å². The van der Waals surface area contributed by atoms with Crippen LogP contribution in [0.1, 0.15) is 37.9 Å². The fourth-order valence-corrected chi connectivity index (χ4v) is 3.85. The maximum absolute atomic E-state index is 11.6. The summed E-state index contributed by atoms with van der Waals surface area (Å²) in [4.78, 5) is 12.6. The van der Waals surface area contributed by atoms with E-state index in [2.05, 4.69) is 0 Å². The Morgan fingerprint density at radius 1 is 1.28 bits per heavy atom. The second kappa shape index (κ2) is 4.84. The van der Waals surface area contributed by atoms with Gasteiger partial charge in [-0.25, -0.2) is 4.79 Å². The van der Waals surface area contributed by atoms with E-state index in [4.69, 9.17) is 9.15 Å². The molecule has 1 aliphatic heterocycles. The van der Waals surface area contributed by atoms with Crippen LogP contribution in [0.4, 0.5) is 0 Å². The third-order valence-electron chi connectivity index (χ3n) is 3.61. The van der Waals surface area contributed by atoms with Crippen LogP contribution < -0.4 is 0 Å². The summed E-state index contributed by atoms with van der Waals surface area (Å²) in [5.74, 6) is 1.52. The van der Waals surface area contributed by atoms with Gasteiger partial charge in [-0.05, 0) is 37.8 Å². The molecule has 0 saturated heterocycles. The van der Waals surface area contributed by atoms with E-state index in [-0.39, 0.29) is 11.6 Å². The molecular weight excluding hydrogens is 248 g/mol. The van der Waals surface area contributed by atoms with Gasteiger partial charge in [0, 0.05) is 11.0 Å². The SMILES string of the molecule is O=C1C=C(SCc2ccco2)C2(CCCCC2)O1. The van der Waals surface area contributed by atoms with Crippen molar-refractivity contribution in [1.29, 1.82) is 0 Å². The maximum atomic E-state index is 11.6. The molecule has 0 N–H and O–H groups in total. The number of carbonyl (C=O) groups is 1. The first-order chi connectivity index (χ1) is 8.78. The third-order valence-corrected chi connectivity index (χ3v) is 4.83. The molecule has 0 radical (unpaired) electrons. The van der Waals surface area contributed by atoms with E-state index >= 15 is 0 Å². The highest BCUT2D eigenvalue weighted by Gasteiger charge is 2.44. The predicted octanol–water partition coefficient (Wildman–Crippen LogP) is 3.66. The van der Waals surface area contributed by atoms with Gasteiger partial charge in [0.2, 0.25) is 0 Å². The lowest BCUT2D eigenvalue weighted by Gasteiger charge is -2.34. The molecule has 3 rings (SSSR count). The van der Waals surface area contributed by atoms with Crippen LogP contribution in [0.3, 0.4) is 0 Å². The second-order valence-corrected chi connectivity index (χ2v) is 5.87. The van der Waals surface area contributed by atoms with Crippen LogP contribution in [-0.4, -0.2) is 11.6 Å². The number of hydrogen-bond acceptors (Lipinski definition) is 4. The molecule has 0 atom stereocenters. The van der Waals surface area contributed by atoms with Crippen LogP contribution in [0.2, 0.25) is 0 Å². The van der Waals surface area contributed by atoms with Crippen LogP contribution in [0, 0.1) is 0 Å². The van der Waals surface area contributed by atoms with Crippen molar-refractivity contribution in [2.75, 3.05) is 0 Å². The molecule has 0 unspecified atom stereocenters. The fraction of sp³-hybridized carbons (Fsp3) is 0.500. The van der Waals surface area contributed by atoms with Gasteiger partial charge < -0.3 is 9.15 Å². The molecule has 18 heavy (non-hydrogen) atoms. The molecule has 1 aromatic rings. The van der Waals surface area contributed by atoms with Crippen molar-refractivity contribution in [3.05, 3.63) is 35.1 Å². The van der Waals surface area contributed by atoms with E-state index in [0.29, 0.717) is 0 Å². The molecule has 0 aromatic carbocycles. The van der Waals surface area contributed by atoms with Crippen molar-refractivity contribution in [3.8, 4) is 0 Å². The molecule has 1 aliphatic carbocycles. The highest BCUT2D eigenvalue weighted by Crippen LogP contribution is 2.46. The standard InChI is InChI=1S/C14H16O3S/c15-13-9-12(18-10-11-5-4-8-16-11)14(17-13)6-2-1-3-7-14/h4-5,8-9H,1-3,6-7,10H2. The van der Waals surface area contributed by atoms with Gasteiger partial charge in [-0.15, -0.1) is 11.8 Å². The summed E-state index contributed by atoms with van der Waals surface area (Å²) in [7, 11) is 0. The van der Waals surface area contributed by atoms with Gasteiger partial charge in [0.15, 0.2) is 0 Å². The van der Waals surface area contributed by atoms with Crippen LogP contribution in [-0.2, 0) is 15.3 Å². The largest absolute Gasteiger partial charge is 0.468 e. The average Bonchev–Trinajstić information content (AvgIpc) is 2.97. The average molecular weight is 264 g/mol. The lowest BCUT2D eigenvalue weighted by molar-refractivity contribution is -0.147. The van der Waals surface area contributed by atoms with Gasteiger partial charge in [-0.3, -0.25) is 0 Å². The van der Waals surface area contributed by atoms with Crippen molar-refractivity contribution >= 4 is 17.7 Å². The first-order valence-electron chi connectivity index (χ1n) is 6.39. The normalized spacial score (nSPS) is 22.0. The van der Waals surface area contributed by atoms with E-state index in [1.165, 1.54) is 6.42 Å². The van der Waals surface area contributed by atoms with Crippen molar-refractivity contribution in [2.45, 2.75) is 43.5 Å². The van der Waals surface area contributed by atoms with Gasteiger partial charge >= 0.3 is 5.97 Å². The lowest BCUT2D eigenvalue weighted by atomic mass is 9.85. The molecule has 0 amide bonds. The second-order valence-electron chi connectivity index (χ2n) is 4.85. The Hall–Kier alpha value is -1.16. The minimum Gasteiger partial charge on any atom is -0.468 e. The Balaban J connectivity index is 1.72. The molecule has 1 aromatic heterocycles. The Morgan fingerprint density at radius 3 is 2.83 bits per heavy atom. The summed E-state index contributed by atoms with van der Waals surface area (Å²) in [5.41, 5.74) is -0.313. The zero-order valence-corrected chi connectivity index (χ0v) is 11.0. The van der Waals surface area contributed by atoms with Gasteiger partial charge in [0.05, 0.1) is 12.0 Å². The summed E-state index contributed by atoms with van der Waals surface area (Å²) in [6, 6.07) is 3.84. The summed E-state index contributed by atoms with van der Waals surface area (Å²) in [6.07, 6.45) is 8.81. The molecule has 3 nitrogen and oxygen atoms in total. The molecule has 1 spiro atoms. The summed E-state index contributed by atoms with van der Waals surface area (Å²) >= 11 is 1.67. The number of esters is 1. The van der Waals surface area contributed by atoms with E-state index in [1.807, 2.05) is 12.1 Å². The van der Waals surface area contributed by atoms with E-state index in [9.17, 15) is 4.79 Å². The number of rotatable bonds is 3. The Kier molecular flexibility index (Phi) is 3.20. The quantitative estimate of drug-likeness (QED) is 0.781. The molecule has 1 fully saturated rings. The van der Waals surface area contributed by atoms with E-state index in [0.717, 1.165) is 42.1 Å². The van der Waals surface area contributed by atoms with Crippen molar-refractivity contribution in [2.24, 2.45) is 0 Å². The monoisotopic (exact) mass is 264 g/mol. The van der Waals surface area contributed by atoms with Crippen LogP contribution >= 0.6 is 11.8 Å². The van der Waals surface area contributed by atoms with Crippen LogP contribution in [0.5, 0.6) is 0 Å². The molecule has 2 heterocycles. The number of ether oxygens (including phenoxy) is 1. The molecule has 4 heteroatoms. The highest BCUT2D eigenvalue weighted by molar-refractivity contribution is 8.02. The maximum Gasteiger partial charge on any atom is 0.332 e. The molecule has 96 valence electrons. The first kappa shape index (κ1) is 11.9. The topological polar surface area (TPSA) is 39.4 Å². The Morgan fingerprint density at radius 2 is 2.11 bits per heavy atom. The van der Waals surface area contributed by atoms with Crippen LogP contribution in [0.25, 0.3) is 0 Å². The lowest BCUT2D eigenvalue weighted by Crippen LogP contribution is -2.33. The first-order valence-corrected chi connectivity index (χ1v) is 7.37. The zero-order valence-electron chi connectivity index (χ0n) is 10.2. The van der Waals surface area contributed by atoms with Gasteiger partial charge in [0.25, 0.3) is 0 Å². The third kappa shape index (κ3) is 2.21. The molecular formula is C14H16O3S. The summed E-state index contributed by atoms with van der Waals surface area (Å²) in [6.45, 7) is 0. The number of carbonyl (C=O) groups excluding carboxylic acids is 1.